The first-order chi connectivity index (χ1) is 16.5. The third-order valence-electron chi connectivity index (χ3n) is 5.60. The SMILES string of the molecule is COc1ccc(CNc2nc(N3CCC(O)CC3)ncc2C(=O)NCc2ccccn2)cc1Cl. The van der Waals surface area contributed by atoms with Gasteiger partial charge < -0.3 is 25.4 Å². The Labute approximate surface area is 203 Å². The average molecular weight is 483 g/mol. The van der Waals surface area contributed by atoms with Crippen LogP contribution in [-0.4, -0.2) is 52.3 Å². The second-order valence-electron chi connectivity index (χ2n) is 7.98. The Bertz CT molecular complexity index is 1120. The molecule has 3 aromatic rings. The summed E-state index contributed by atoms with van der Waals surface area (Å²) in [5, 5.41) is 16.5. The number of aliphatic hydroxyl groups is 1. The monoisotopic (exact) mass is 482 g/mol. The van der Waals surface area contributed by atoms with Crippen molar-refractivity contribution in [2.45, 2.75) is 32.0 Å². The zero-order valence-corrected chi connectivity index (χ0v) is 19.6. The van der Waals surface area contributed by atoms with E-state index >= 15 is 0 Å². The van der Waals surface area contributed by atoms with Crippen LogP contribution in [0.5, 0.6) is 5.75 Å². The summed E-state index contributed by atoms with van der Waals surface area (Å²) in [6, 6.07) is 11.0. The molecule has 10 heteroatoms. The highest BCUT2D eigenvalue weighted by Crippen LogP contribution is 2.26. The van der Waals surface area contributed by atoms with Gasteiger partial charge in [-0.25, -0.2) is 4.98 Å². The van der Waals surface area contributed by atoms with Gasteiger partial charge in [-0.3, -0.25) is 9.78 Å². The number of anilines is 2. The molecular formula is C24H27ClN6O3. The summed E-state index contributed by atoms with van der Waals surface area (Å²) < 4.78 is 5.21. The molecule has 1 fully saturated rings. The van der Waals surface area contributed by atoms with Gasteiger partial charge in [-0.1, -0.05) is 23.7 Å². The van der Waals surface area contributed by atoms with Gasteiger partial charge in [0.2, 0.25) is 5.95 Å². The molecule has 34 heavy (non-hydrogen) atoms. The Kier molecular flexibility index (Phi) is 7.76. The maximum Gasteiger partial charge on any atom is 0.256 e. The van der Waals surface area contributed by atoms with E-state index in [1.165, 1.54) is 6.20 Å². The summed E-state index contributed by atoms with van der Waals surface area (Å²) in [6.45, 7) is 2.00. The molecule has 3 heterocycles. The number of rotatable bonds is 8. The number of aromatic nitrogens is 3. The number of nitrogens with one attached hydrogen (secondary N) is 2. The van der Waals surface area contributed by atoms with Crippen LogP contribution >= 0.6 is 11.6 Å². The Hall–Kier alpha value is -3.43. The number of amides is 1. The van der Waals surface area contributed by atoms with E-state index < -0.39 is 0 Å². The summed E-state index contributed by atoms with van der Waals surface area (Å²) in [5.41, 5.74) is 1.99. The van der Waals surface area contributed by atoms with Crippen molar-refractivity contribution < 1.29 is 14.6 Å². The van der Waals surface area contributed by atoms with E-state index in [1.54, 1.807) is 19.4 Å². The van der Waals surface area contributed by atoms with Gasteiger partial charge in [-0.15, -0.1) is 0 Å². The third kappa shape index (κ3) is 5.92. The van der Waals surface area contributed by atoms with Gasteiger partial charge in [0.05, 0.1) is 30.5 Å². The molecule has 0 spiro atoms. The number of aliphatic hydroxyl groups excluding tert-OH is 1. The number of carbonyl (C=O) groups is 1. The quantitative estimate of drug-likeness (QED) is 0.449. The molecule has 178 valence electrons. The van der Waals surface area contributed by atoms with Crippen LogP contribution in [0.4, 0.5) is 11.8 Å². The molecule has 0 aliphatic carbocycles. The lowest BCUT2D eigenvalue weighted by atomic mass is 10.1. The molecule has 1 aliphatic heterocycles. The van der Waals surface area contributed by atoms with Crippen molar-refractivity contribution >= 4 is 29.3 Å². The molecule has 1 aliphatic rings. The summed E-state index contributed by atoms with van der Waals surface area (Å²) in [5.74, 6) is 1.23. The van der Waals surface area contributed by atoms with Crippen molar-refractivity contribution in [3.63, 3.8) is 0 Å². The molecule has 1 aromatic carbocycles. The van der Waals surface area contributed by atoms with Crippen LogP contribution in [0, 0.1) is 0 Å². The Morgan fingerprint density at radius 3 is 2.74 bits per heavy atom. The first kappa shape index (κ1) is 23.7. The van der Waals surface area contributed by atoms with Crippen LogP contribution < -0.4 is 20.3 Å². The fourth-order valence-corrected chi connectivity index (χ4v) is 3.95. The van der Waals surface area contributed by atoms with Gasteiger partial charge in [0.25, 0.3) is 5.91 Å². The van der Waals surface area contributed by atoms with Gasteiger partial charge in [0.15, 0.2) is 0 Å². The first-order valence-electron chi connectivity index (χ1n) is 11.1. The largest absolute Gasteiger partial charge is 0.495 e. The number of methoxy groups -OCH3 is 1. The van der Waals surface area contributed by atoms with Crippen molar-refractivity contribution in [2.24, 2.45) is 0 Å². The number of halogens is 1. The smallest absolute Gasteiger partial charge is 0.256 e. The number of hydrogen-bond acceptors (Lipinski definition) is 8. The minimum absolute atomic E-state index is 0.291. The molecule has 0 bridgehead atoms. The highest BCUT2D eigenvalue weighted by molar-refractivity contribution is 6.32. The van der Waals surface area contributed by atoms with Crippen LogP contribution in [0.1, 0.15) is 34.5 Å². The molecule has 0 atom stereocenters. The van der Waals surface area contributed by atoms with Crippen LogP contribution in [0.2, 0.25) is 5.02 Å². The number of hydrogen-bond donors (Lipinski definition) is 3. The Morgan fingerprint density at radius 2 is 2.03 bits per heavy atom. The Morgan fingerprint density at radius 1 is 1.21 bits per heavy atom. The van der Waals surface area contributed by atoms with Crippen molar-refractivity contribution in [2.75, 3.05) is 30.4 Å². The fraction of sp³-hybridized carbons (Fsp3) is 0.333. The van der Waals surface area contributed by atoms with E-state index in [-0.39, 0.29) is 12.0 Å². The highest BCUT2D eigenvalue weighted by atomic mass is 35.5. The summed E-state index contributed by atoms with van der Waals surface area (Å²) >= 11 is 6.26. The molecule has 4 rings (SSSR count). The standard InChI is InChI=1S/C24H27ClN6O3/c1-34-21-6-5-16(12-20(21)25)13-27-22-19(23(33)28-14-17-4-2-3-9-26-17)15-29-24(30-22)31-10-7-18(32)8-11-31/h2-6,9,12,15,18,32H,7-8,10-11,13-14H2,1H3,(H,28,33)(H,27,29,30). The number of carbonyl (C=O) groups excluding carboxylic acids is 1. The van der Waals surface area contributed by atoms with Gasteiger partial charge in [0, 0.05) is 32.0 Å². The highest BCUT2D eigenvalue weighted by Gasteiger charge is 2.22. The molecule has 0 unspecified atom stereocenters. The average Bonchev–Trinajstić information content (AvgIpc) is 2.87. The van der Waals surface area contributed by atoms with Crippen LogP contribution in [-0.2, 0) is 13.1 Å². The topological polar surface area (TPSA) is 113 Å². The molecule has 9 nitrogen and oxygen atoms in total. The van der Waals surface area contributed by atoms with Crippen molar-refractivity contribution in [3.8, 4) is 5.75 Å². The molecule has 3 N–H and O–H groups in total. The number of ether oxygens (including phenoxy) is 1. The van der Waals surface area contributed by atoms with E-state index in [2.05, 4.69) is 25.6 Å². The van der Waals surface area contributed by atoms with E-state index in [0.29, 0.717) is 67.1 Å². The van der Waals surface area contributed by atoms with Gasteiger partial charge in [0.1, 0.15) is 17.1 Å². The summed E-state index contributed by atoms with van der Waals surface area (Å²) in [7, 11) is 1.57. The zero-order valence-electron chi connectivity index (χ0n) is 18.9. The number of pyridine rings is 1. The van der Waals surface area contributed by atoms with E-state index in [0.717, 1.165) is 11.3 Å². The number of nitrogens with zero attached hydrogens (tertiary/aromatic N) is 4. The molecule has 1 saturated heterocycles. The normalized spacial score (nSPS) is 14.0. The van der Waals surface area contributed by atoms with Gasteiger partial charge in [-0.2, -0.15) is 4.98 Å². The maximum atomic E-state index is 13.0. The molecule has 0 radical (unpaired) electrons. The second kappa shape index (κ2) is 11.1. The first-order valence-corrected chi connectivity index (χ1v) is 11.5. The second-order valence-corrected chi connectivity index (χ2v) is 8.38. The molecule has 0 saturated carbocycles. The molecule has 1 amide bonds. The third-order valence-corrected chi connectivity index (χ3v) is 5.90. The predicted molar refractivity (Wildman–Crippen MR) is 130 cm³/mol. The lowest BCUT2D eigenvalue weighted by Crippen LogP contribution is -2.37. The number of benzene rings is 1. The molecule has 2 aromatic heterocycles. The van der Waals surface area contributed by atoms with Gasteiger partial charge in [-0.05, 0) is 42.7 Å². The van der Waals surface area contributed by atoms with Crippen molar-refractivity contribution in [3.05, 3.63) is 70.6 Å². The maximum absolute atomic E-state index is 13.0. The zero-order chi connectivity index (χ0) is 23.9. The number of piperidine rings is 1. The van der Waals surface area contributed by atoms with Crippen LogP contribution in [0.15, 0.2) is 48.8 Å². The van der Waals surface area contributed by atoms with Crippen molar-refractivity contribution in [1.82, 2.24) is 20.3 Å². The minimum atomic E-state index is -0.304. The summed E-state index contributed by atoms with van der Waals surface area (Å²) in [4.78, 5) is 28.3. The predicted octanol–water partition coefficient (Wildman–Crippen LogP) is 3.04. The van der Waals surface area contributed by atoms with E-state index in [4.69, 9.17) is 16.3 Å². The van der Waals surface area contributed by atoms with E-state index in [1.807, 2.05) is 35.2 Å². The lowest BCUT2D eigenvalue weighted by molar-refractivity contribution is 0.0950. The summed E-state index contributed by atoms with van der Waals surface area (Å²) in [6.07, 6.45) is 4.23. The van der Waals surface area contributed by atoms with Crippen LogP contribution in [0.25, 0.3) is 0 Å². The van der Waals surface area contributed by atoms with E-state index in [9.17, 15) is 9.90 Å². The minimum Gasteiger partial charge on any atom is -0.495 e. The van der Waals surface area contributed by atoms with Crippen LogP contribution in [0.3, 0.4) is 0 Å². The fourth-order valence-electron chi connectivity index (χ4n) is 3.67. The Balaban J connectivity index is 1.54. The lowest BCUT2D eigenvalue weighted by Gasteiger charge is -2.29. The molecular weight excluding hydrogens is 456 g/mol. The van der Waals surface area contributed by atoms with Gasteiger partial charge >= 0.3 is 0 Å². The van der Waals surface area contributed by atoms with Crippen molar-refractivity contribution in [1.29, 1.82) is 0 Å².